The molecule has 1 saturated carbocycles. The van der Waals surface area contributed by atoms with Gasteiger partial charge in [0.25, 0.3) is 0 Å². The molecule has 2 aliphatic rings. The van der Waals surface area contributed by atoms with Crippen LogP contribution in [0.3, 0.4) is 0 Å². The van der Waals surface area contributed by atoms with Crippen LogP contribution in [0.4, 0.5) is 5.69 Å². The Bertz CT molecular complexity index is 505. The molecule has 1 atom stereocenters. The first-order chi connectivity index (χ1) is 9.10. The average Bonchev–Trinajstić information content (AvgIpc) is 3.07. The van der Waals surface area contributed by atoms with Crippen LogP contribution in [0.1, 0.15) is 25.3 Å². The van der Waals surface area contributed by atoms with Crippen molar-refractivity contribution in [3.63, 3.8) is 0 Å². The first-order valence-corrected chi connectivity index (χ1v) is 7.02. The molecule has 0 radical (unpaired) electrons. The maximum absolute atomic E-state index is 11.8. The van der Waals surface area contributed by atoms with E-state index in [4.69, 9.17) is 5.73 Å². The Hall–Kier alpha value is -0.970. The summed E-state index contributed by atoms with van der Waals surface area (Å²) in [7, 11) is 0. The highest BCUT2D eigenvalue weighted by molar-refractivity contribution is 5.89. The van der Waals surface area contributed by atoms with Crippen LogP contribution in [0.15, 0.2) is 24.3 Å². The van der Waals surface area contributed by atoms with Crippen LogP contribution in [-0.4, -0.2) is 30.6 Å². The zero-order valence-electron chi connectivity index (χ0n) is 12.2. The highest BCUT2D eigenvalue weighted by Crippen LogP contribution is 2.32. The SMILES string of the molecule is CC1Cc2ccccc2N1CCNC(=O)C1(N)CC1.Cl.Cl. The summed E-state index contributed by atoms with van der Waals surface area (Å²) in [5.41, 5.74) is 8.01. The van der Waals surface area contributed by atoms with E-state index in [1.54, 1.807) is 0 Å². The monoisotopic (exact) mass is 331 g/mol. The van der Waals surface area contributed by atoms with Crippen molar-refractivity contribution in [2.24, 2.45) is 5.73 Å². The van der Waals surface area contributed by atoms with Gasteiger partial charge in [-0.25, -0.2) is 0 Å². The minimum Gasteiger partial charge on any atom is -0.367 e. The number of amides is 1. The summed E-state index contributed by atoms with van der Waals surface area (Å²) in [5, 5.41) is 2.96. The molecule has 21 heavy (non-hydrogen) atoms. The maximum atomic E-state index is 11.8. The molecule has 4 nitrogen and oxygen atoms in total. The molecule has 1 aromatic carbocycles. The van der Waals surface area contributed by atoms with Crippen LogP contribution in [0.5, 0.6) is 0 Å². The van der Waals surface area contributed by atoms with Gasteiger partial charge in [-0.15, -0.1) is 24.8 Å². The highest BCUT2D eigenvalue weighted by atomic mass is 35.5. The zero-order chi connectivity index (χ0) is 13.5. The van der Waals surface area contributed by atoms with Gasteiger partial charge in [0.05, 0.1) is 5.54 Å². The van der Waals surface area contributed by atoms with E-state index in [0.29, 0.717) is 12.6 Å². The van der Waals surface area contributed by atoms with E-state index < -0.39 is 5.54 Å². The summed E-state index contributed by atoms with van der Waals surface area (Å²) < 4.78 is 0. The lowest BCUT2D eigenvalue weighted by Crippen LogP contribution is -2.46. The lowest BCUT2D eigenvalue weighted by molar-refractivity contribution is -0.123. The Balaban J connectivity index is 0.00000110. The number of benzene rings is 1. The predicted octanol–water partition coefficient (Wildman–Crippen LogP) is 1.89. The Morgan fingerprint density at radius 2 is 2.05 bits per heavy atom. The molecule has 0 bridgehead atoms. The molecule has 0 saturated heterocycles. The van der Waals surface area contributed by atoms with E-state index in [1.165, 1.54) is 11.3 Å². The second kappa shape index (κ2) is 6.86. The number of hydrogen-bond acceptors (Lipinski definition) is 3. The average molecular weight is 332 g/mol. The van der Waals surface area contributed by atoms with Crippen LogP contribution in [-0.2, 0) is 11.2 Å². The van der Waals surface area contributed by atoms with Crippen molar-refractivity contribution in [1.29, 1.82) is 0 Å². The van der Waals surface area contributed by atoms with Crippen molar-refractivity contribution in [2.45, 2.75) is 37.8 Å². The van der Waals surface area contributed by atoms with Gasteiger partial charge in [0.2, 0.25) is 5.91 Å². The Morgan fingerprint density at radius 1 is 1.38 bits per heavy atom. The molecule has 0 spiro atoms. The van der Waals surface area contributed by atoms with Gasteiger partial charge in [-0.1, -0.05) is 18.2 Å². The van der Waals surface area contributed by atoms with Crippen LogP contribution >= 0.6 is 24.8 Å². The fourth-order valence-electron chi connectivity index (χ4n) is 2.80. The van der Waals surface area contributed by atoms with E-state index >= 15 is 0 Å². The number of nitrogens with two attached hydrogens (primary N) is 1. The van der Waals surface area contributed by atoms with Gasteiger partial charge in [0.1, 0.15) is 0 Å². The highest BCUT2D eigenvalue weighted by Gasteiger charge is 2.45. The fourth-order valence-corrected chi connectivity index (χ4v) is 2.80. The lowest BCUT2D eigenvalue weighted by Gasteiger charge is -2.25. The van der Waals surface area contributed by atoms with Crippen LogP contribution in [0.2, 0.25) is 0 Å². The molecule has 1 amide bonds. The number of fused-ring (bicyclic) bond motifs is 1. The van der Waals surface area contributed by atoms with Crippen LogP contribution in [0, 0.1) is 0 Å². The Kier molecular flexibility index (Phi) is 5.91. The Morgan fingerprint density at radius 3 is 2.71 bits per heavy atom. The van der Waals surface area contributed by atoms with Gasteiger partial charge in [-0.2, -0.15) is 0 Å². The van der Waals surface area contributed by atoms with E-state index in [1.807, 2.05) is 0 Å². The fraction of sp³-hybridized carbons (Fsp3) is 0.533. The maximum Gasteiger partial charge on any atom is 0.240 e. The number of nitrogens with one attached hydrogen (secondary N) is 1. The summed E-state index contributed by atoms with van der Waals surface area (Å²) in [6.07, 6.45) is 2.73. The van der Waals surface area contributed by atoms with Gasteiger partial charge >= 0.3 is 0 Å². The predicted molar refractivity (Wildman–Crippen MR) is 90.6 cm³/mol. The van der Waals surface area contributed by atoms with Crippen molar-refractivity contribution in [1.82, 2.24) is 5.32 Å². The van der Waals surface area contributed by atoms with Crippen molar-refractivity contribution < 1.29 is 4.79 Å². The largest absolute Gasteiger partial charge is 0.367 e. The molecule has 1 heterocycles. The quantitative estimate of drug-likeness (QED) is 0.885. The zero-order valence-corrected chi connectivity index (χ0v) is 13.8. The van der Waals surface area contributed by atoms with Crippen molar-refractivity contribution in [3.8, 4) is 0 Å². The molecule has 1 unspecified atom stereocenters. The molecule has 3 N–H and O–H groups in total. The first kappa shape index (κ1) is 18.1. The molecule has 0 aromatic heterocycles. The minimum absolute atomic E-state index is 0. The second-order valence-corrected chi connectivity index (χ2v) is 5.79. The molecule has 118 valence electrons. The van der Waals surface area contributed by atoms with E-state index in [-0.39, 0.29) is 30.7 Å². The summed E-state index contributed by atoms with van der Waals surface area (Å²) in [6.45, 7) is 3.74. The topological polar surface area (TPSA) is 58.4 Å². The Labute approximate surface area is 138 Å². The third-order valence-electron chi connectivity index (χ3n) is 4.23. The van der Waals surface area contributed by atoms with Gasteiger partial charge in [-0.3, -0.25) is 4.79 Å². The number of carbonyl (C=O) groups excluding carboxylic acids is 1. The molecule has 3 rings (SSSR count). The standard InChI is InChI=1S/C15H21N3O.2ClH/c1-11-10-12-4-2-3-5-13(12)18(11)9-8-17-14(19)15(16)6-7-15;;/h2-5,11H,6-10,16H2,1H3,(H,17,19);2*1H. The molecular formula is C15H23Cl2N3O. The molecule has 1 aromatic rings. The number of halogens is 2. The first-order valence-electron chi connectivity index (χ1n) is 7.02. The third-order valence-corrected chi connectivity index (χ3v) is 4.23. The number of para-hydroxylation sites is 1. The normalized spacial score (nSPS) is 20.9. The minimum atomic E-state index is -0.561. The third kappa shape index (κ3) is 3.62. The van der Waals surface area contributed by atoms with E-state index in [0.717, 1.165) is 25.8 Å². The molecule has 1 fully saturated rings. The van der Waals surface area contributed by atoms with Gasteiger partial charge in [-0.05, 0) is 37.8 Å². The van der Waals surface area contributed by atoms with E-state index in [2.05, 4.69) is 41.4 Å². The van der Waals surface area contributed by atoms with Crippen molar-refractivity contribution >= 4 is 36.4 Å². The number of hydrogen-bond donors (Lipinski definition) is 2. The second-order valence-electron chi connectivity index (χ2n) is 5.79. The summed E-state index contributed by atoms with van der Waals surface area (Å²) in [6, 6.07) is 9.00. The number of anilines is 1. The number of nitrogens with zero attached hydrogens (tertiary/aromatic N) is 1. The van der Waals surface area contributed by atoms with Gasteiger partial charge < -0.3 is 16.0 Å². The van der Waals surface area contributed by atoms with E-state index in [9.17, 15) is 4.79 Å². The number of carbonyl (C=O) groups is 1. The molecule has 6 heteroatoms. The summed E-state index contributed by atoms with van der Waals surface area (Å²) in [5.74, 6) is 0.00707. The summed E-state index contributed by atoms with van der Waals surface area (Å²) in [4.78, 5) is 14.1. The van der Waals surface area contributed by atoms with Gasteiger partial charge in [0.15, 0.2) is 0 Å². The summed E-state index contributed by atoms with van der Waals surface area (Å²) >= 11 is 0. The number of rotatable bonds is 4. The van der Waals surface area contributed by atoms with Gasteiger partial charge in [0, 0.05) is 24.8 Å². The smallest absolute Gasteiger partial charge is 0.240 e. The lowest BCUT2D eigenvalue weighted by atomic mass is 10.1. The molecule has 1 aliphatic carbocycles. The van der Waals surface area contributed by atoms with Crippen molar-refractivity contribution in [2.75, 3.05) is 18.0 Å². The molecular weight excluding hydrogens is 309 g/mol. The van der Waals surface area contributed by atoms with Crippen molar-refractivity contribution in [3.05, 3.63) is 29.8 Å². The van der Waals surface area contributed by atoms with Crippen LogP contribution in [0.25, 0.3) is 0 Å². The molecule has 1 aliphatic heterocycles. The van der Waals surface area contributed by atoms with Crippen LogP contribution < -0.4 is 16.0 Å².